The Balaban J connectivity index is 1.69. The topological polar surface area (TPSA) is 46.5 Å². The average Bonchev–Trinajstić information content (AvgIpc) is 2.75. The Morgan fingerprint density at radius 2 is 1.82 bits per heavy atom. The van der Waals surface area contributed by atoms with Crippen LogP contribution in [0.25, 0.3) is 0 Å². The first-order valence-electron chi connectivity index (χ1n) is 7.04. The standard InChI is InChI=1S/C14H22O3/c15-12(14(16)7-1-2-8-14)11-4-9-17-13(10-11)5-3-6-13/h11,16H,1-10H2. The van der Waals surface area contributed by atoms with Crippen molar-refractivity contribution in [3.63, 3.8) is 0 Å². The summed E-state index contributed by atoms with van der Waals surface area (Å²) in [4.78, 5) is 12.4. The molecule has 0 amide bonds. The lowest BCUT2D eigenvalue weighted by Crippen LogP contribution is -2.50. The van der Waals surface area contributed by atoms with Crippen LogP contribution in [0.5, 0.6) is 0 Å². The second-order valence-corrected chi connectivity index (χ2v) is 6.18. The van der Waals surface area contributed by atoms with Crippen molar-refractivity contribution in [1.29, 1.82) is 0 Å². The van der Waals surface area contributed by atoms with Gasteiger partial charge in [0.15, 0.2) is 5.78 Å². The van der Waals surface area contributed by atoms with Crippen LogP contribution in [0.2, 0.25) is 0 Å². The lowest BCUT2D eigenvalue weighted by atomic mass is 9.69. The van der Waals surface area contributed by atoms with E-state index in [1.54, 1.807) is 0 Å². The minimum Gasteiger partial charge on any atom is -0.382 e. The van der Waals surface area contributed by atoms with Gasteiger partial charge in [-0.05, 0) is 57.8 Å². The molecular weight excluding hydrogens is 216 g/mol. The summed E-state index contributed by atoms with van der Waals surface area (Å²) in [5.41, 5.74) is -0.986. The Bertz CT molecular complexity index is 313. The van der Waals surface area contributed by atoms with E-state index in [-0.39, 0.29) is 17.3 Å². The van der Waals surface area contributed by atoms with E-state index in [4.69, 9.17) is 4.74 Å². The second-order valence-electron chi connectivity index (χ2n) is 6.18. The van der Waals surface area contributed by atoms with E-state index in [2.05, 4.69) is 0 Å². The van der Waals surface area contributed by atoms with Crippen LogP contribution >= 0.6 is 0 Å². The van der Waals surface area contributed by atoms with Gasteiger partial charge in [-0.1, -0.05) is 0 Å². The number of ether oxygens (including phenoxy) is 1. The van der Waals surface area contributed by atoms with Gasteiger partial charge in [0, 0.05) is 12.5 Å². The third-order valence-electron chi connectivity index (χ3n) is 5.02. The van der Waals surface area contributed by atoms with Crippen molar-refractivity contribution in [3.8, 4) is 0 Å². The van der Waals surface area contributed by atoms with Crippen LogP contribution in [0, 0.1) is 5.92 Å². The third kappa shape index (κ3) is 1.93. The highest BCUT2D eigenvalue weighted by molar-refractivity contribution is 5.89. The van der Waals surface area contributed by atoms with Crippen molar-refractivity contribution in [2.45, 2.75) is 69.0 Å². The average molecular weight is 238 g/mol. The van der Waals surface area contributed by atoms with Gasteiger partial charge in [-0.25, -0.2) is 0 Å². The zero-order valence-electron chi connectivity index (χ0n) is 10.4. The molecule has 2 aliphatic carbocycles. The molecule has 1 N–H and O–H groups in total. The predicted octanol–water partition coefficient (Wildman–Crippen LogP) is 2.21. The van der Waals surface area contributed by atoms with Crippen LogP contribution in [-0.2, 0) is 9.53 Å². The Labute approximate surface area is 103 Å². The summed E-state index contributed by atoms with van der Waals surface area (Å²) in [6.45, 7) is 0.701. The third-order valence-corrected chi connectivity index (χ3v) is 5.02. The van der Waals surface area contributed by atoms with E-state index in [0.29, 0.717) is 19.4 Å². The number of hydrogen-bond acceptors (Lipinski definition) is 3. The van der Waals surface area contributed by atoms with Crippen LogP contribution in [0.1, 0.15) is 57.8 Å². The van der Waals surface area contributed by atoms with Crippen molar-refractivity contribution >= 4 is 5.78 Å². The summed E-state index contributed by atoms with van der Waals surface area (Å²) in [5, 5.41) is 10.4. The number of aliphatic hydroxyl groups is 1. The fourth-order valence-electron chi connectivity index (χ4n) is 3.76. The SMILES string of the molecule is O=C(C1CCOC2(CCC2)C1)C1(O)CCCC1. The molecule has 1 saturated heterocycles. The zero-order valence-corrected chi connectivity index (χ0v) is 10.4. The maximum absolute atomic E-state index is 12.4. The number of rotatable bonds is 2. The first kappa shape index (κ1) is 11.7. The number of carbonyl (C=O) groups is 1. The maximum Gasteiger partial charge on any atom is 0.167 e. The summed E-state index contributed by atoms with van der Waals surface area (Å²) in [7, 11) is 0. The second kappa shape index (κ2) is 4.06. The van der Waals surface area contributed by atoms with Gasteiger partial charge < -0.3 is 9.84 Å². The molecule has 3 heteroatoms. The van der Waals surface area contributed by atoms with Crippen LogP contribution < -0.4 is 0 Å². The molecule has 0 aromatic heterocycles. The highest BCUT2D eigenvalue weighted by Crippen LogP contribution is 2.46. The number of carbonyl (C=O) groups excluding carboxylic acids is 1. The monoisotopic (exact) mass is 238 g/mol. The number of ketones is 1. The van der Waals surface area contributed by atoms with Gasteiger partial charge in [-0.2, -0.15) is 0 Å². The van der Waals surface area contributed by atoms with Crippen LogP contribution in [0.15, 0.2) is 0 Å². The Kier molecular flexibility index (Phi) is 2.79. The quantitative estimate of drug-likeness (QED) is 0.802. The molecule has 2 saturated carbocycles. The molecule has 17 heavy (non-hydrogen) atoms. The summed E-state index contributed by atoms with van der Waals surface area (Å²) < 4.78 is 5.84. The van der Waals surface area contributed by atoms with Gasteiger partial charge in [0.2, 0.25) is 0 Å². The normalized spacial score (nSPS) is 34.5. The lowest BCUT2D eigenvalue weighted by Gasteiger charge is -2.47. The molecule has 1 heterocycles. The van der Waals surface area contributed by atoms with Crippen molar-refractivity contribution in [2.24, 2.45) is 5.92 Å². The minimum atomic E-state index is -0.993. The Morgan fingerprint density at radius 3 is 2.41 bits per heavy atom. The molecule has 0 bridgehead atoms. The molecule has 3 fully saturated rings. The molecule has 1 unspecified atom stereocenters. The van der Waals surface area contributed by atoms with Crippen LogP contribution in [0.4, 0.5) is 0 Å². The Morgan fingerprint density at radius 1 is 1.12 bits per heavy atom. The first-order valence-corrected chi connectivity index (χ1v) is 7.04. The molecule has 0 aromatic rings. The fourth-order valence-corrected chi connectivity index (χ4v) is 3.76. The van der Waals surface area contributed by atoms with E-state index in [1.165, 1.54) is 6.42 Å². The number of hydrogen-bond donors (Lipinski definition) is 1. The molecule has 1 spiro atoms. The van der Waals surface area contributed by atoms with Gasteiger partial charge >= 0.3 is 0 Å². The van der Waals surface area contributed by atoms with E-state index in [1.807, 2.05) is 0 Å². The van der Waals surface area contributed by atoms with Gasteiger partial charge in [-0.3, -0.25) is 4.79 Å². The fraction of sp³-hybridized carbons (Fsp3) is 0.929. The molecular formula is C14H22O3. The van der Waals surface area contributed by atoms with E-state index in [0.717, 1.165) is 38.5 Å². The van der Waals surface area contributed by atoms with Crippen LogP contribution in [-0.4, -0.2) is 28.7 Å². The van der Waals surface area contributed by atoms with Crippen molar-refractivity contribution in [3.05, 3.63) is 0 Å². The molecule has 0 radical (unpaired) electrons. The summed E-state index contributed by atoms with van der Waals surface area (Å²) in [5.74, 6) is 0.164. The first-order chi connectivity index (χ1) is 8.14. The van der Waals surface area contributed by atoms with E-state index in [9.17, 15) is 9.90 Å². The summed E-state index contributed by atoms with van der Waals surface area (Å²) in [6.07, 6.45) is 8.45. The molecule has 1 atom stereocenters. The van der Waals surface area contributed by atoms with Gasteiger partial charge in [0.1, 0.15) is 5.60 Å². The highest BCUT2D eigenvalue weighted by atomic mass is 16.5. The summed E-state index contributed by atoms with van der Waals surface area (Å²) >= 11 is 0. The van der Waals surface area contributed by atoms with Gasteiger partial charge in [-0.15, -0.1) is 0 Å². The highest BCUT2D eigenvalue weighted by Gasteiger charge is 2.49. The van der Waals surface area contributed by atoms with E-state index >= 15 is 0 Å². The molecule has 3 nitrogen and oxygen atoms in total. The van der Waals surface area contributed by atoms with Gasteiger partial charge in [0.05, 0.1) is 5.60 Å². The molecule has 96 valence electrons. The minimum absolute atomic E-state index is 0.00748. The summed E-state index contributed by atoms with van der Waals surface area (Å²) in [6, 6.07) is 0. The van der Waals surface area contributed by atoms with Crippen molar-refractivity contribution in [2.75, 3.05) is 6.61 Å². The van der Waals surface area contributed by atoms with Crippen molar-refractivity contribution in [1.82, 2.24) is 0 Å². The molecule has 1 aliphatic heterocycles. The Hall–Kier alpha value is -0.410. The van der Waals surface area contributed by atoms with Crippen LogP contribution in [0.3, 0.4) is 0 Å². The van der Waals surface area contributed by atoms with Crippen molar-refractivity contribution < 1.29 is 14.6 Å². The van der Waals surface area contributed by atoms with Gasteiger partial charge in [0.25, 0.3) is 0 Å². The smallest absolute Gasteiger partial charge is 0.167 e. The van der Waals surface area contributed by atoms with E-state index < -0.39 is 5.60 Å². The largest absolute Gasteiger partial charge is 0.382 e. The molecule has 3 aliphatic rings. The maximum atomic E-state index is 12.4. The zero-order chi connectivity index (χ0) is 11.9. The predicted molar refractivity (Wildman–Crippen MR) is 63.7 cm³/mol. The molecule has 0 aromatic carbocycles. The lowest BCUT2D eigenvalue weighted by molar-refractivity contribution is -0.166. The number of Topliss-reactive ketones (excluding diaryl/α,β-unsaturated/α-hetero) is 1. The molecule has 3 rings (SSSR count).